The molecule has 2 aromatic rings. The van der Waals surface area contributed by atoms with Crippen molar-refractivity contribution in [2.45, 2.75) is 33.5 Å². The molecule has 0 saturated carbocycles. The minimum atomic E-state index is 0.665. The minimum Gasteiger partial charge on any atom is -0.305 e. The molecule has 0 spiro atoms. The molecule has 96 valence electrons. The first-order valence-electron chi connectivity index (χ1n) is 5.91. The fraction of sp³-hybridized carbons (Fsp3) is 0.417. The van der Waals surface area contributed by atoms with Gasteiger partial charge in [0.25, 0.3) is 0 Å². The van der Waals surface area contributed by atoms with Crippen LogP contribution in [0.15, 0.2) is 18.3 Å². The Bertz CT molecular complexity index is 509. The van der Waals surface area contributed by atoms with Crippen LogP contribution in [0.1, 0.15) is 24.0 Å². The van der Waals surface area contributed by atoms with Crippen molar-refractivity contribution in [3.8, 4) is 0 Å². The molecular formula is C12H16ClN5. The molecule has 2 aromatic heterocycles. The zero-order valence-electron chi connectivity index (χ0n) is 10.5. The Balaban J connectivity index is 1.98. The van der Waals surface area contributed by atoms with Gasteiger partial charge in [-0.2, -0.15) is 15.3 Å². The second-order valence-electron chi connectivity index (χ2n) is 3.98. The van der Waals surface area contributed by atoms with Crippen LogP contribution < -0.4 is 5.32 Å². The summed E-state index contributed by atoms with van der Waals surface area (Å²) in [5, 5.41) is 16.3. The van der Waals surface area contributed by atoms with Crippen molar-refractivity contribution >= 4 is 11.6 Å². The number of aryl methyl sites for hydroxylation is 2. The maximum Gasteiger partial charge on any atom is 0.0860 e. The molecule has 5 nitrogen and oxygen atoms in total. The van der Waals surface area contributed by atoms with Crippen molar-refractivity contribution in [3.05, 3.63) is 40.4 Å². The minimum absolute atomic E-state index is 0.665. The highest BCUT2D eigenvalue weighted by Gasteiger charge is 2.11. The van der Waals surface area contributed by atoms with Gasteiger partial charge in [0.1, 0.15) is 0 Å². The van der Waals surface area contributed by atoms with Crippen LogP contribution in [-0.2, 0) is 19.6 Å². The average Bonchev–Trinajstić information content (AvgIpc) is 2.67. The lowest BCUT2D eigenvalue weighted by Crippen LogP contribution is -2.17. The molecule has 18 heavy (non-hydrogen) atoms. The van der Waals surface area contributed by atoms with E-state index < -0.39 is 0 Å². The zero-order chi connectivity index (χ0) is 13.0. The Hall–Kier alpha value is -1.46. The molecule has 0 aliphatic carbocycles. The van der Waals surface area contributed by atoms with E-state index in [-0.39, 0.29) is 0 Å². The average molecular weight is 266 g/mol. The molecule has 1 N–H and O–H groups in total. The second-order valence-corrected chi connectivity index (χ2v) is 4.36. The molecular weight excluding hydrogens is 250 g/mol. The molecule has 0 saturated heterocycles. The predicted molar refractivity (Wildman–Crippen MR) is 70.2 cm³/mol. The van der Waals surface area contributed by atoms with Gasteiger partial charge < -0.3 is 5.32 Å². The lowest BCUT2D eigenvalue weighted by atomic mass is 10.3. The molecule has 2 heterocycles. The van der Waals surface area contributed by atoms with E-state index in [9.17, 15) is 0 Å². The van der Waals surface area contributed by atoms with Gasteiger partial charge in [-0.1, -0.05) is 11.6 Å². The summed E-state index contributed by atoms with van der Waals surface area (Å²) < 4.78 is 1.92. The van der Waals surface area contributed by atoms with E-state index >= 15 is 0 Å². The number of nitrogens with one attached hydrogen (secondary N) is 1. The van der Waals surface area contributed by atoms with Gasteiger partial charge in [-0.25, -0.2) is 0 Å². The third-order valence-corrected chi connectivity index (χ3v) is 3.17. The molecule has 0 fully saturated rings. The normalized spacial score (nSPS) is 10.8. The van der Waals surface area contributed by atoms with Gasteiger partial charge in [-0.3, -0.25) is 4.68 Å². The highest BCUT2D eigenvalue weighted by Crippen LogP contribution is 2.19. The fourth-order valence-electron chi connectivity index (χ4n) is 1.77. The van der Waals surface area contributed by atoms with Crippen molar-refractivity contribution in [2.24, 2.45) is 0 Å². The van der Waals surface area contributed by atoms with E-state index in [2.05, 4.69) is 27.5 Å². The van der Waals surface area contributed by atoms with E-state index in [1.54, 1.807) is 6.20 Å². The van der Waals surface area contributed by atoms with Crippen LogP contribution in [0.2, 0.25) is 5.02 Å². The predicted octanol–water partition coefficient (Wildman–Crippen LogP) is 1.94. The van der Waals surface area contributed by atoms with Crippen LogP contribution in [0.5, 0.6) is 0 Å². The molecule has 0 aliphatic heterocycles. The summed E-state index contributed by atoms with van der Waals surface area (Å²) in [5.74, 6) is 0. The molecule has 0 aliphatic rings. The van der Waals surface area contributed by atoms with Gasteiger partial charge in [0.2, 0.25) is 0 Å². The molecule has 0 unspecified atom stereocenters. The maximum atomic E-state index is 6.22. The van der Waals surface area contributed by atoms with Crippen molar-refractivity contribution < 1.29 is 0 Å². The van der Waals surface area contributed by atoms with Gasteiger partial charge in [-0.05, 0) is 26.0 Å². The number of hydrogen-bond acceptors (Lipinski definition) is 4. The van der Waals surface area contributed by atoms with Gasteiger partial charge in [0, 0.05) is 25.8 Å². The Morgan fingerprint density at radius 1 is 1.39 bits per heavy atom. The zero-order valence-corrected chi connectivity index (χ0v) is 11.3. The third-order valence-electron chi connectivity index (χ3n) is 2.68. The molecule has 0 atom stereocenters. The van der Waals surface area contributed by atoms with Crippen LogP contribution >= 0.6 is 11.6 Å². The monoisotopic (exact) mass is 265 g/mol. The number of rotatable bonds is 5. The second kappa shape index (κ2) is 5.93. The topological polar surface area (TPSA) is 55.6 Å². The Kier molecular flexibility index (Phi) is 4.28. The fourth-order valence-corrected chi connectivity index (χ4v) is 1.98. The quantitative estimate of drug-likeness (QED) is 0.898. The number of aromatic nitrogens is 4. The van der Waals surface area contributed by atoms with Crippen molar-refractivity contribution in [1.29, 1.82) is 0 Å². The van der Waals surface area contributed by atoms with Crippen LogP contribution in [0.25, 0.3) is 0 Å². The van der Waals surface area contributed by atoms with E-state index in [4.69, 9.17) is 11.6 Å². The number of nitrogens with zero attached hydrogens (tertiary/aromatic N) is 4. The summed E-state index contributed by atoms with van der Waals surface area (Å²) in [7, 11) is 0. The van der Waals surface area contributed by atoms with Crippen LogP contribution in [0, 0.1) is 6.92 Å². The summed E-state index contributed by atoms with van der Waals surface area (Å²) in [5.41, 5.74) is 2.79. The standard InChI is InChI=1S/C12H16ClN5/c1-3-18-11(12(13)9(2)17-18)8-14-7-10-5-4-6-15-16-10/h4-6,14H,3,7-8H2,1-2H3. The number of halogens is 1. The van der Waals surface area contributed by atoms with Crippen LogP contribution in [-0.4, -0.2) is 20.0 Å². The van der Waals surface area contributed by atoms with Crippen LogP contribution in [0.3, 0.4) is 0 Å². The van der Waals surface area contributed by atoms with Gasteiger partial charge in [-0.15, -0.1) is 0 Å². The van der Waals surface area contributed by atoms with Crippen molar-refractivity contribution in [3.63, 3.8) is 0 Å². The Morgan fingerprint density at radius 2 is 2.22 bits per heavy atom. The first-order chi connectivity index (χ1) is 8.72. The highest BCUT2D eigenvalue weighted by molar-refractivity contribution is 6.31. The lowest BCUT2D eigenvalue weighted by Gasteiger charge is -2.06. The third kappa shape index (κ3) is 2.86. The lowest BCUT2D eigenvalue weighted by molar-refractivity contribution is 0.574. The van der Waals surface area contributed by atoms with E-state index in [0.717, 1.165) is 28.6 Å². The number of hydrogen-bond donors (Lipinski definition) is 1. The summed E-state index contributed by atoms with van der Waals surface area (Å²) >= 11 is 6.22. The van der Waals surface area contributed by atoms with Gasteiger partial charge in [0.05, 0.1) is 22.1 Å². The smallest absolute Gasteiger partial charge is 0.0860 e. The van der Waals surface area contributed by atoms with Crippen LogP contribution in [0.4, 0.5) is 0 Å². The van der Waals surface area contributed by atoms with Gasteiger partial charge in [0.15, 0.2) is 0 Å². The van der Waals surface area contributed by atoms with Gasteiger partial charge >= 0.3 is 0 Å². The molecule has 0 amide bonds. The highest BCUT2D eigenvalue weighted by atomic mass is 35.5. The maximum absolute atomic E-state index is 6.22. The van der Waals surface area contributed by atoms with Crippen molar-refractivity contribution in [1.82, 2.24) is 25.3 Å². The first kappa shape index (κ1) is 13.0. The summed E-state index contributed by atoms with van der Waals surface area (Å²) in [4.78, 5) is 0. The van der Waals surface area contributed by atoms with E-state index in [1.807, 2.05) is 23.7 Å². The summed E-state index contributed by atoms with van der Waals surface area (Å²) in [6, 6.07) is 3.81. The SMILES string of the molecule is CCn1nc(C)c(Cl)c1CNCc1cccnn1. The largest absolute Gasteiger partial charge is 0.305 e. The Labute approximate surface area is 111 Å². The molecule has 0 bridgehead atoms. The van der Waals surface area contributed by atoms with E-state index in [1.165, 1.54) is 0 Å². The Morgan fingerprint density at radius 3 is 2.89 bits per heavy atom. The molecule has 0 aromatic carbocycles. The molecule has 2 rings (SSSR count). The molecule has 6 heteroatoms. The molecule has 0 radical (unpaired) electrons. The first-order valence-corrected chi connectivity index (χ1v) is 6.29. The van der Waals surface area contributed by atoms with Crippen molar-refractivity contribution in [2.75, 3.05) is 0 Å². The van der Waals surface area contributed by atoms with E-state index in [0.29, 0.717) is 13.1 Å². The summed E-state index contributed by atoms with van der Waals surface area (Å²) in [6.07, 6.45) is 1.66. The summed E-state index contributed by atoms with van der Waals surface area (Å²) in [6.45, 7) is 6.12.